The van der Waals surface area contributed by atoms with Crippen LogP contribution in [0.3, 0.4) is 0 Å². The van der Waals surface area contributed by atoms with Gasteiger partial charge in [-0.1, -0.05) is 60.7 Å². The Morgan fingerprint density at radius 3 is 2.06 bits per heavy atom. The van der Waals surface area contributed by atoms with Crippen molar-refractivity contribution in [2.24, 2.45) is 9.98 Å². The molecule has 0 saturated heterocycles. The van der Waals surface area contributed by atoms with E-state index in [0.717, 1.165) is 47.7 Å². The summed E-state index contributed by atoms with van der Waals surface area (Å²) < 4.78 is 5.14. The molecule has 0 aliphatic heterocycles. The van der Waals surface area contributed by atoms with E-state index in [1.165, 1.54) is 0 Å². The Balaban J connectivity index is 2.30. The SMILES string of the molecule is C=N/C(=C(\N=C(/C)N(CCCCOCC(=O)O)C(C)C)c1ccccc1)c1ccccc1. The lowest BCUT2D eigenvalue weighted by Gasteiger charge is -2.29. The van der Waals surface area contributed by atoms with Gasteiger partial charge in [-0.25, -0.2) is 9.79 Å². The summed E-state index contributed by atoms with van der Waals surface area (Å²) in [4.78, 5) is 22.2. The number of aliphatic imine (C=N–C) groups is 2. The number of hydrogen-bond acceptors (Lipinski definition) is 4. The molecular weight excluding hydrogens is 402 g/mol. The maximum Gasteiger partial charge on any atom is 0.329 e. The van der Waals surface area contributed by atoms with E-state index in [1.54, 1.807) is 0 Å². The third-order valence-electron chi connectivity index (χ3n) is 4.95. The molecule has 6 heteroatoms. The maximum absolute atomic E-state index is 10.6. The molecule has 0 aliphatic carbocycles. The van der Waals surface area contributed by atoms with Crippen LogP contribution in [0.2, 0.25) is 0 Å². The van der Waals surface area contributed by atoms with Gasteiger partial charge in [-0.2, -0.15) is 0 Å². The van der Waals surface area contributed by atoms with E-state index in [-0.39, 0.29) is 12.6 Å². The molecule has 2 aromatic rings. The fourth-order valence-corrected chi connectivity index (χ4v) is 3.41. The molecule has 0 fully saturated rings. The highest BCUT2D eigenvalue weighted by Gasteiger charge is 2.15. The van der Waals surface area contributed by atoms with Gasteiger partial charge in [0.2, 0.25) is 0 Å². The molecule has 0 amide bonds. The maximum atomic E-state index is 10.6. The first-order chi connectivity index (χ1) is 15.4. The summed E-state index contributed by atoms with van der Waals surface area (Å²) in [5.41, 5.74) is 3.45. The summed E-state index contributed by atoms with van der Waals surface area (Å²) in [6, 6.07) is 20.2. The first-order valence-electron chi connectivity index (χ1n) is 10.9. The zero-order valence-electron chi connectivity index (χ0n) is 19.2. The highest BCUT2D eigenvalue weighted by molar-refractivity contribution is 5.96. The number of ether oxygens (including phenoxy) is 1. The Bertz CT molecular complexity index is 922. The number of unbranched alkanes of at least 4 members (excludes halogenated alkanes) is 1. The number of rotatable bonds is 12. The van der Waals surface area contributed by atoms with Crippen LogP contribution in [0, 0.1) is 0 Å². The van der Waals surface area contributed by atoms with E-state index in [0.29, 0.717) is 6.61 Å². The Kier molecular flexibility index (Phi) is 10.3. The van der Waals surface area contributed by atoms with Crippen molar-refractivity contribution in [1.82, 2.24) is 4.90 Å². The van der Waals surface area contributed by atoms with Crippen LogP contribution >= 0.6 is 0 Å². The lowest BCUT2D eigenvalue weighted by Crippen LogP contribution is -2.36. The molecule has 0 saturated carbocycles. The van der Waals surface area contributed by atoms with Gasteiger partial charge in [-0.3, -0.25) is 4.99 Å². The number of nitrogens with zero attached hydrogens (tertiary/aromatic N) is 3. The molecule has 0 atom stereocenters. The van der Waals surface area contributed by atoms with Gasteiger partial charge in [-0.05, 0) is 40.3 Å². The third kappa shape index (κ3) is 7.78. The van der Waals surface area contributed by atoms with Gasteiger partial charge in [0, 0.05) is 30.3 Å². The smallest absolute Gasteiger partial charge is 0.329 e. The molecule has 2 rings (SSSR count). The summed E-state index contributed by atoms with van der Waals surface area (Å²) in [6.07, 6.45) is 1.66. The van der Waals surface area contributed by atoms with E-state index in [2.05, 4.69) is 30.5 Å². The fourth-order valence-electron chi connectivity index (χ4n) is 3.41. The normalized spacial score (nSPS) is 12.4. The molecule has 0 radical (unpaired) electrons. The van der Waals surface area contributed by atoms with Crippen molar-refractivity contribution in [1.29, 1.82) is 0 Å². The van der Waals surface area contributed by atoms with Crippen LogP contribution < -0.4 is 0 Å². The average molecular weight is 436 g/mol. The Hall–Kier alpha value is -3.25. The minimum atomic E-state index is -0.943. The summed E-state index contributed by atoms with van der Waals surface area (Å²) >= 11 is 0. The number of aliphatic carboxylic acids is 1. The number of carboxylic acids is 1. The van der Waals surface area contributed by atoms with Crippen molar-refractivity contribution in [3.05, 3.63) is 71.8 Å². The van der Waals surface area contributed by atoms with Crippen LogP contribution in [0.1, 0.15) is 44.7 Å². The average Bonchev–Trinajstić information content (AvgIpc) is 2.79. The molecule has 0 bridgehead atoms. The third-order valence-corrected chi connectivity index (χ3v) is 4.95. The van der Waals surface area contributed by atoms with Crippen LogP contribution in [0.25, 0.3) is 11.4 Å². The van der Waals surface area contributed by atoms with Crippen molar-refractivity contribution in [3.8, 4) is 0 Å². The molecule has 0 unspecified atom stereocenters. The second-order valence-electron chi connectivity index (χ2n) is 7.69. The van der Waals surface area contributed by atoms with E-state index < -0.39 is 5.97 Å². The standard InChI is InChI=1S/C26H33N3O3/c1-20(2)29(17-11-12-18-32-19-24(30)31)21(3)28-26(23-15-9-6-10-16-23)25(27-4)22-13-7-5-8-14-22/h5-10,13-16,20H,4,11-12,17-19H2,1-3H3,(H,30,31)/b26-25-,28-21+. The van der Waals surface area contributed by atoms with Crippen molar-refractivity contribution in [2.45, 2.75) is 39.7 Å². The van der Waals surface area contributed by atoms with Crippen LogP contribution in [0.5, 0.6) is 0 Å². The van der Waals surface area contributed by atoms with Gasteiger partial charge in [0.1, 0.15) is 12.4 Å². The summed E-state index contributed by atoms with van der Waals surface area (Å²) in [6.45, 7) is 11.1. The first kappa shape index (κ1) is 25.0. The fraction of sp³-hybridized carbons (Fsp3) is 0.346. The van der Waals surface area contributed by atoms with Gasteiger partial charge < -0.3 is 14.7 Å². The minimum absolute atomic E-state index is 0.254. The molecule has 1 N–H and O–H groups in total. The topological polar surface area (TPSA) is 74.5 Å². The van der Waals surface area contributed by atoms with E-state index in [9.17, 15) is 4.79 Å². The Morgan fingerprint density at radius 2 is 1.56 bits per heavy atom. The second kappa shape index (κ2) is 13.2. The zero-order valence-corrected chi connectivity index (χ0v) is 19.2. The monoisotopic (exact) mass is 435 g/mol. The number of hydrogen-bond donors (Lipinski definition) is 1. The van der Waals surface area contributed by atoms with E-state index in [1.807, 2.05) is 67.6 Å². The van der Waals surface area contributed by atoms with Crippen molar-refractivity contribution in [2.75, 3.05) is 19.8 Å². The number of amidine groups is 1. The zero-order chi connectivity index (χ0) is 23.3. The predicted octanol–water partition coefficient (Wildman–Crippen LogP) is 5.22. The van der Waals surface area contributed by atoms with Gasteiger partial charge in [0.05, 0.1) is 11.4 Å². The molecule has 2 aromatic carbocycles. The first-order valence-corrected chi connectivity index (χ1v) is 10.9. The minimum Gasteiger partial charge on any atom is -0.480 e. The van der Waals surface area contributed by atoms with E-state index in [4.69, 9.17) is 14.8 Å². The van der Waals surface area contributed by atoms with Crippen molar-refractivity contribution < 1.29 is 14.6 Å². The number of carbonyl (C=O) groups is 1. The van der Waals surface area contributed by atoms with Crippen LogP contribution in [0.15, 0.2) is 70.6 Å². The van der Waals surface area contributed by atoms with Crippen molar-refractivity contribution in [3.63, 3.8) is 0 Å². The van der Waals surface area contributed by atoms with Crippen LogP contribution in [0.4, 0.5) is 0 Å². The van der Waals surface area contributed by atoms with Gasteiger partial charge in [0.25, 0.3) is 0 Å². The summed E-state index contributed by atoms with van der Waals surface area (Å²) in [7, 11) is 0. The lowest BCUT2D eigenvalue weighted by atomic mass is 10.1. The van der Waals surface area contributed by atoms with Crippen LogP contribution in [-0.4, -0.2) is 54.3 Å². The quantitative estimate of drug-likeness (QED) is 0.215. The second-order valence-corrected chi connectivity index (χ2v) is 7.69. The Morgan fingerprint density at radius 1 is 1.00 bits per heavy atom. The Labute approximate surface area is 191 Å². The molecule has 0 aromatic heterocycles. The largest absolute Gasteiger partial charge is 0.480 e. The molecule has 0 spiro atoms. The molecule has 170 valence electrons. The highest BCUT2D eigenvalue weighted by Crippen LogP contribution is 2.29. The molecule has 32 heavy (non-hydrogen) atoms. The lowest BCUT2D eigenvalue weighted by molar-refractivity contribution is -0.142. The highest BCUT2D eigenvalue weighted by atomic mass is 16.5. The molecule has 6 nitrogen and oxygen atoms in total. The number of benzene rings is 2. The van der Waals surface area contributed by atoms with Gasteiger partial charge in [-0.15, -0.1) is 0 Å². The van der Waals surface area contributed by atoms with Gasteiger partial charge >= 0.3 is 5.97 Å². The summed E-state index contributed by atoms with van der Waals surface area (Å²) in [5.74, 6) is -0.0514. The van der Waals surface area contributed by atoms with E-state index >= 15 is 0 Å². The molecule has 0 aliphatic rings. The number of carboxylic acid groups (broad SMARTS) is 1. The van der Waals surface area contributed by atoms with Crippen LogP contribution in [-0.2, 0) is 9.53 Å². The summed E-state index contributed by atoms with van der Waals surface area (Å²) in [5, 5.41) is 8.66. The van der Waals surface area contributed by atoms with Gasteiger partial charge in [0.15, 0.2) is 0 Å². The van der Waals surface area contributed by atoms with Crippen molar-refractivity contribution >= 4 is 29.9 Å². The molecule has 0 heterocycles. The molecular formula is C26H33N3O3. The predicted molar refractivity (Wildman–Crippen MR) is 132 cm³/mol.